The highest BCUT2D eigenvalue weighted by Gasteiger charge is 2.29. The van der Waals surface area contributed by atoms with Gasteiger partial charge in [-0.05, 0) is 47.4 Å². The van der Waals surface area contributed by atoms with Crippen molar-refractivity contribution in [2.45, 2.75) is 31.4 Å². The maximum Gasteiger partial charge on any atom is 0.304 e. The second-order valence-corrected chi connectivity index (χ2v) is 9.82. The summed E-state index contributed by atoms with van der Waals surface area (Å²) < 4.78 is 33.3. The average Bonchev–Trinajstić information content (AvgIpc) is 2.82. The van der Waals surface area contributed by atoms with Gasteiger partial charge in [0, 0.05) is 15.8 Å². The Morgan fingerprint density at radius 2 is 1.55 bits per heavy atom. The number of hydrogen-bond acceptors (Lipinski definition) is 5. The molecule has 0 aliphatic rings. The number of nitrogens with zero attached hydrogens (tertiary/aromatic N) is 1. The number of nitrogens with one attached hydrogen (secondary N) is 1. The quantitative estimate of drug-likeness (QED) is 0.420. The van der Waals surface area contributed by atoms with E-state index in [0.29, 0.717) is 17.4 Å². The maximum absolute atomic E-state index is 12.6. The third-order valence-corrected chi connectivity index (χ3v) is 6.83. The van der Waals surface area contributed by atoms with Crippen molar-refractivity contribution in [2.75, 3.05) is 0 Å². The number of sulfonamides is 1. The van der Waals surface area contributed by atoms with Crippen molar-refractivity contribution in [3.8, 4) is 16.9 Å². The standard InChI is InChI=1S/C24H23ClN2O5S/c1-16(2)23(24(28)26-29)27-33(30,31)21-13-9-18(10-14-21)17-7-11-20(12-8-17)32-15-19-5-3-4-6-22(19)25/h3-14,16,23,27H,15H2,1-2H3/t23-/m1/s1. The number of carbonyl (C=O) groups is 1. The number of ether oxygens (including phenoxy) is 1. The van der Waals surface area contributed by atoms with Crippen molar-refractivity contribution in [3.63, 3.8) is 0 Å². The minimum Gasteiger partial charge on any atom is -0.489 e. The molecule has 3 aromatic rings. The Labute approximate surface area is 197 Å². The topological polar surface area (TPSA) is 102 Å². The van der Waals surface area contributed by atoms with Crippen LogP contribution in [0.15, 0.2) is 82.9 Å². The van der Waals surface area contributed by atoms with E-state index in [1.165, 1.54) is 12.1 Å². The van der Waals surface area contributed by atoms with Gasteiger partial charge in [-0.3, -0.25) is 4.79 Å². The molecule has 0 bridgehead atoms. The van der Waals surface area contributed by atoms with Crippen molar-refractivity contribution < 1.29 is 17.9 Å². The summed E-state index contributed by atoms with van der Waals surface area (Å²) in [6, 6.07) is 19.8. The second-order valence-electron chi connectivity index (χ2n) is 7.70. The van der Waals surface area contributed by atoms with E-state index in [0.717, 1.165) is 16.7 Å². The summed E-state index contributed by atoms with van der Waals surface area (Å²) in [4.78, 5) is 22.2. The van der Waals surface area contributed by atoms with Gasteiger partial charge in [-0.1, -0.05) is 67.9 Å². The van der Waals surface area contributed by atoms with Crippen LogP contribution < -0.4 is 9.46 Å². The van der Waals surface area contributed by atoms with E-state index >= 15 is 0 Å². The molecular formula is C24H23ClN2O5S. The van der Waals surface area contributed by atoms with Gasteiger partial charge in [0.05, 0.1) is 4.90 Å². The molecule has 7 nitrogen and oxygen atoms in total. The first kappa shape index (κ1) is 24.6. The van der Waals surface area contributed by atoms with E-state index < -0.39 is 27.9 Å². The molecule has 172 valence electrons. The molecule has 0 aliphatic carbocycles. The van der Waals surface area contributed by atoms with Crippen molar-refractivity contribution >= 4 is 27.5 Å². The first-order valence-electron chi connectivity index (χ1n) is 10.2. The third-order valence-electron chi connectivity index (χ3n) is 5.01. The monoisotopic (exact) mass is 486 g/mol. The molecule has 9 heteroatoms. The zero-order chi connectivity index (χ0) is 24.0. The summed E-state index contributed by atoms with van der Waals surface area (Å²) in [5, 5.41) is 2.99. The molecule has 0 spiro atoms. The van der Waals surface area contributed by atoms with Gasteiger partial charge in [-0.15, -0.1) is 4.91 Å². The van der Waals surface area contributed by atoms with Gasteiger partial charge >= 0.3 is 5.91 Å². The predicted molar refractivity (Wildman–Crippen MR) is 127 cm³/mol. The largest absolute Gasteiger partial charge is 0.489 e. The lowest BCUT2D eigenvalue weighted by atomic mass is 10.1. The van der Waals surface area contributed by atoms with Crippen LogP contribution in [0, 0.1) is 10.8 Å². The highest BCUT2D eigenvalue weighted by Crippen LogP contribution is 2.25. The Balaban J connectivity index is 1.69. The molecule has 1 atom stereocenters. The van der Waals surface area contributed by atoms with Crippen molar-refractivity contribution in [3.05, 3.63) is 88.3 Å². The van der Waals surface area contributed by atoms with E-state index in [1.807, 2.05) is 48.5 Å². The molecule has 0 radical (unpaired) electrons. The van der Waals surface area contributed by atoms with Gasteiger partial charge in [0.1, 0.15) is 18.4 Å². The van der Waals surface area contributed by atoms with Crippen LogP contribution in [0.1, 0.15) is 19.4 Å². The van der Waals surface area contributed by atoms with Crippen LogP contribution in [0.2, 0.25) is 5.02 Å². The number of hydrogen-bond donors (Lipinski definition) is 1. The fraction of sp³-hybridized carbons (Fsp3) is 0.208. The smallest absolute Gasteiger partial charge is 0.304 e. The maximum atomic E-state index is 12.6. The van der Waals surface area contributed by atoms with E-state index in [2.05, 4.69) is 9.90 Å². The summed E-state index contributed by atoms with van der Waals surface area (Å²) in [5.41, 5.74) is 2.56. The molecule has 33 heavy (non-hydrogen) atoms. The van der Waals surface area contributed by atoms with Crippen molar-refractivity contribution in [1.82, 2.24) is 4.72 Å². The lowest BCUT2D eigenvalue weighted by molar-refractivity contribution is -0.120. The van der Waals surface area contributed by atoms with Gasteiger partial charge < -0.3 is 4.74 Å². The summed E-state index contributed by atoms with van der Waals surface area (Å²) in [5.74, 6) is -0.805. The first-order chi connectivity index (χ1) is 15.7. The molecule has 3 rings (SSSR count). The molecule has 0 aliphatic heterocycles. The Kier molecular flexibility index (Phi) is 7.97. The SMILES string of the molecule is CC(C)[C@@H](NS(=O)(=O)c1ccc(-c2ccc(OCc3ccccc3Cl)cc2)cc1)C(=O)N=O. The number of benzene rings is 3. The summed E-state index contributed by atoms with van der Waals surface area (Å²) in [7, 11) is -4.00. The minimum absolute atomic E-state index is 0.0182. The zero-order valence-electron chi connectivity index (χ0n) is 18.1. The highest BCUT2D eigenvalue weighted by atomic mass is 35.5. The summed E-state index contributed by atoms with van der Waals surface area (Å²) in [6.07, 6.45) is 0. The van der Waals surface area contributed by atoms with E-state index in [4.69, 9.17) is 16.3 Å². The van der Waals surface area contributed by atoms with E-state index in [1.54, 1.807) is 26.0 Å². The van der Waals surface area contributed by atoms with Crippen LogP contribution in [0.5, 0.6) is 5.75 Å². The number of rotatable bonds is 9. The molecule has 1 amide bonds. The molecule has 3 aromatic carbocycles. The Morgan fingerprint density at radius 1 is 0.970 bits per heavy atom. The lowest BCUT2D eigenvalue weighted by Crippen LogP contribution is -2.43. The number of amides is 1. The molecule has 1 N–H and O–H groups in total. The Morgan fingerprint density at radius 3 is 2.09 bits per heavy atom. The molecule has 0 heterocycles. The number of halogens is 1. The number of nitroso groups, excluding NO2 is 1. The van der Waals surface area contributed by atoms with Gasteiger partial charge in [0.15, 0.2) is 0 Å². The highest BCUT2D eigenvalue weighted by molar-refractivity contribution is 7.89. The summed E-state index contributed by atoms with van der Waals surface area (Å²) >= 11 is 6.14. The van der Waals surface area contributed by atoms with Crippen LogP contribution in [0.3, 0.4) is 0 Å². The summed E-state index contributed by atoms with van der Waals surface area (Å²) in [6.45, 7) is 3.60. The minimum atomic E-state index is -4.00. The predicted octanol–water partition coefficient (Wildman–Crippen LogP) is 5.18. The molecule has 0 saturated heterocycles. The van der Waals surface area contributed by atoms with Gasteiger partial charge in [-0.2, -0.15) is 4.72 Å². The van der Waals surface area contributed by atoms with Crippen LogP contribution in [-0.2, 0) is 21.4 Å². The van der Waals surface area contributed by atoms with Crippen LogP contribution >= 0.6 is 11.6 Å². The fourth-order valence-electron chi connectivity index (χ4n) is 3.11. The zero-order valence-corrected chi connectivity index (χ0v) is 19.6. The van der Waals surface area contributed by atoms with Crippen molar-refractivity contribution in [2.24, 2.45) is 11.1 Å². The van der Waals surface area contributed by atoms with Crippen LogP contribution in [0.25, 0.3) is 11.1 Å². The number of carbonyl (C=O) groups excluding carboxylic acids is 1. The second kappa shape index (κ2) is 10.7. The molecule has 0 unspecified atom stereocenters. The average molecular weight is 487 g/mol. The fourth-order valence-corrected chi connectivity index (χ4v) is 4.64. The van der Waals surface area contributed by atoms with Gasteiger partial charge in [0.2, 0.25) is 10.0 Å². The van der Waals surface area contributed by atoms with E-state index in [9.17, 15) is 18.1 Å². The van der Waals surface area contributed by atoms with E-state index in [-0.39, 0.29) is 4.90 Å². The molecule has 0 fully saturated rings. The molecule has 0 aromatic heterocycles. The Bertz CT molecular complexity index is 1230. The van der Waals surface area contributed by atoms with Crippen molar-refractivity contribution in [1.29, 1.82) is 0 Å². The normalized spacial score (nSPS) is 12.4. The molecule has 0 saturated carbocycles. The van der Waals surface area contributed by atoms with Crippen LogP contribution in [-0.4, -0.2) is 20.4 Å². The Hall–Kier alpha value is -3.07. The lowest BCUT2D eigenvalue weighted by Gasteiger charge is -2.18. The first-order valence-corrected chi connectivity index (χ1v) is 12.0. The molecular weight excluding hydrogens is 464 g/mol. The van der Waals surface area contributed by atoms with Gasteiger partial charge in [-0.25, -0.2) is 8.42 Å². The van der Waals surface area contributed by atoms with Gasteiger partial charge in [0.25, 0.3) is 0 Å². The van der Waals surface area contributed by atoms with Crippen LogP contribution in [0.4, 0.5) is 0 Å². The third kappa shape index (κ3) is 6.25.